The van der Waals surface area contributed by atoms with Gasteiger partial charge >= 0.3 is 0 Å². The Kier molecular flexibility index (Phi) is 3.72. The highest BCUT2D eigenvalue weighted by atomic mass is 79.9. The van der Waals surface area contributed by atoms with Crippen molar-refractivity contribution < 1.29 is 8.42 Å². The van der Waals surface area contributed by atoms with Crippen molar-refractivity contribution in [3.05, 3.63) is 26.6 Å². The van der Waals surface area contributed by atoms with Gasteiger partial charge in [-0.3, -0.25) is 5.41 Å². The topological polar surface area (TPSA) is 61.2 Å². The highest BCUT2D eigenvalue weighted by Gasteiger charge is 2.49. The zero-order valence-electron chi connectivity index (χ0n) is 10.6. The Morgan fingerprint density at radius 2 is 1.90 bits per heavy atom. The first-order chi connectivity index (χ1) is 9.28. The molecule has 1 N–H and O–H groups in total. The number of hydrogen-bond donors (Lipinski definition) is 1. The molecule has 2 aliphatic rings. The van der Waals surface area contributed by atoms with Gasteiger partial charge in [-0.1, -0.05) is 11.8 Å². The van der Waals surface area contributed by atoms with Crippen LogP contribution in [0.2, 0.25) is 0 Å². The van der Waals surface area contributed by atoms with Gasteiger partial charge in [-0.05, 0) is 56.5 Å². The average molecular weight is 440 g/mol. The van der Waals surface area contributed by atoms with Crippen molar-refractivity contribution in [3.63, 3.8) is 0 Å². The standard InChI is InChI=1S/C12H12Br2N2O2S2/c1-6-2-7(13)11(8(14)3-6)16-9-4-20(17,18)5-10(9)19-12(16)15/h2-3,9-10,15H,4-5H2,1H3/t9-,10+/m0/s1. The van der Waals surface area contributed by atoms with Crippen LogP contribution >= 0.6 is 43.6 Å². The number of benzene rings is 1. The van der Waals surface area contributed by atoms with E-state index in [2.05, 4.69) is 31.9 Å². The van der Waals surface area contributed by atoms with Crippen LogP contribution in [-0.2, 0) is 9.84 Å². The fraction of sp³-hybridized carbons (Fsp3) is 0.417. The molecule has 2 saturated heterocycles. The number of halogens is 2. The molecule has 2 aliphatic heterocycles. The minimum Gasteiger partial charge on any atom is -0.314 e. The summed E-state index contributed by atoms with van der Waals surface area (Å²) in [7, 11) is -2.99. The molecule has 4 nitrogen and oxygen atoms in total. The van der Waals surface area contributed by atoms with Gasteiger partial charge in [0.05, 0.1) is 23.2 Å². The van der Waals surface area contributed by atoms with Crippen LogP contribution in [0.4, 0.5) is 5.69 Å². The predicted octanol–water partition coefficient (Wildman–Crippen LogP) is 3.17. The maximum absolute atomic E-state index is 11.8. The number of sulfone groups is 1. The third-order valence-corrected chi connectivity index (χ3v) is 7.83. The highest BCUT2D eigenvalue weighted by molar-refractivity contribution is 9.11. The SMILES string of the molecule is Cc1cc(Br)c(N2C(=N)S[C@@H]3CS(=O)(=O)C[C@@H]32)c(Br)c1. The molecule has 1 aromatic rings. The zero-order chi connectivity index (χ0) is 14.7. The maximum Gasteiger partial charge on any atom is 0.161 e. The number of amidine groups is 1. The lowest BCUT2D eigenvalue weighted by molar-refractivity contribution is 0.601. The lowest BCUT2D eigenvalue weighted by Gasteiger charge is -2.26. The Morgan fingerprint density at radius 1 is 1.30 bits per heavy atom. The smallest absolute Gasteiger partial charge is 0.161 e. The zero-order valence-corrected chi connectivity index (χ0v) is 15.4. The summed E-state index contributed by atoms with van der Waals surface area (Å²) in [5.74, 6) is 0.294. The molecule has 0 spiro atoms. The third-order valence-electron chi connectivity index (χ3n) is 3.49. The van der Waals surface area contributed by atoms with Crippen molar-refractivity contribution in [2.45, 2.75) is 18.2 Å². The molecule has 2 atom stereocenters. The minimum absolute atomic E-state index is 0.0346. The summed E-state index contributed by atoms with van der Waals surface area (Å²) in [6.45, 7) is 1.99. The van der Waals surface area contributed by atoms with E-state index in [1.807, 2.05) is 24.0 Å². The first-order valence-electron chi connectivity index (χ1n) is 5.99. The van der Waals surface area contributed by atoms with Crippen LogP contribution < -0.4 is 4.90 Å². The Morgan fingerprint density at radius 3 is 2.50 bits per heavy atom. The lowest BCUT2D eigenvalue weighted by Crippen LogP contribution is -2.37. The second-order valence-electron chi connectivity index (χ2n) is 5.05. The van der Waals surface area contributed by atoms with Gasteiger partial charge in [0.2, 0.25) is 0 Å². The van der Waals surface area contributed by atoms with Gasteiger partial charge in [0.1, 0.15) is 0 Å². The van der Waals surface area contributed by atoms with Crippen molar-refractivity contribution in [1.82, 2.24) is 0 Å². The number of thioether (sulfide) groups is 1. The van der Waals surface area contributed by atoms with Crippen LogP contribution in [0.3, 0.4) is 0 Å². The number of rotatable bonds is 1. The normalized spacial score (nSPS) is 27.9. The molecule has 1 aromatic carbocycles. The molecule has 0 amide bonds. The highest BCUT2D eigenvalue weighted by Crippen LogP contribution is 2.45. The van der Waals surface area contributed by atoms with Crippen LogP contribution in [0, 0.1) is 12.3 Å². The van der Waals surface area contributed by atoms with Crippen molar-refractivity contribution in [1.29, 1.82) is 5.41 Å². The van der Waals surface area contributed by atoms with Gasteiger partial charge in [0, 0.05) is 14.2 Å². The molecule has 20 heavy (non-hydrogen) atoms. The van der Waals surface area contributed by atoms with E-state index < -0.39 is 9.84 Å². The van der Waals surface area contributed by atoms with Crippen molar-refractivity contribution >= 4 is 64.3 Å². The molecule has 108 valence electrons. The molecular weight excluding hydrogens is 428 g/mol. The minimum atomic E-state index is -2.99. The van der Waals surface area contributed by atoms with E-state index in [1.54, 1.807) is 0 Å². The van der Waals surface area contributed by atoms with E-state index >= 15 is 0 Å². The fourth-order valence-electron chi connectivity index (χ4n) is 2.69. The van der Waals surface area contributed by atoms with Crippen LogP contribution in [0.1, 0.15) is 5.56 Å². The largest absolute Gasteiger partial charge is 0.314 e. The summed E-state index contributed by atoms with van der Waals surface area (Å²) in [5.41, 5.74) is 1.94. The van der Waals surface area contributed by atoms with Crippen LogP contribution in [0.5, 0.6) is 0 Å². The molecule has 0 aliphatic carbocycles. The molecule has 0 saturated carbocycles. The number of aryl methyl sites for hydroxylation is 1. The summed E-state index contributed by atoms with van der Waals surface area (Å²) in [5, 5.41) is 8.55. The Bertz CT molecular complexity index is 682. The van der Waals surface area contributed by atoms with Crippen LogP contribution in [-0.4, -0.2) is 36.4 Å². The van der Waals surface area contributed by atoms with Crippen LogP contribution in [0.15, 0.2) is 21.1 Å². The fourth-order valence-corrected chi connectivity index (χ4v) is 8.27. The monoisotopic (exact) mass is 438 g/mol. The maximum atomic E-state index is 11.8. The first-order valence-corrected chi connectivity index (χ1v) is 10.3. The summed E-state index contributed by atoms with van der Waals surface area (Å²) < 4.78 is 25.4. The molecule has 2 fully saturated rings. The van der Waals surface area contributed by atoms with E-state index in [-0.39, 0.29) is 22.8 Å². The number of nitrogens with zero attached hydrogens (tertiary/aromatic N) is 1. The predicted molar refractivity (Wildman–Crippen MR) is 90.6 cm³/mol. The molecular formula is C12H12Br2N2O2S2. The molecule has 8 heteroatoms. The lowest BCUT2D eigenvalue weighted by atomic mass is 10.1. The van der Waals surface area contributed by atoms with Crippen molar-refractivity contribution in [2.75, 3.05) is 16.4 Å². The van der Waals surface area contributed by atoms with Gasteiger partial charge in [-0.15, -0.1) is 0 Å². The summed E-state index contributed by atoms with van der Waals surface area (Å²) in [6, 6.07) is 3.82. The van der Waals surface area contributed by atoms with Gasteiger partial charge in [-0.2, -0.15) is 0 Å². The Hall–Kier alpha value is -0.0500. The number of anilines is 1. The number of fused-ring (bicyclic) bond motifs is 1. The molecule has 0 bridgehead atoms. The van der Waals surface area contributed by atoms with Gasteiger partial charge in [0.15, 0.2) is 15.0 Å². The van der Waals surface area contributed by atoms with Crippen molar-refractivity contribution in [2.24, 2.45) is 0 Å². The van der Waals surface area contributed by atoms with Gasteiger partial charge < -0.3 is 4.90 Å². The summed E-state index contributed by atoms with van der Waals surface area (Å²) in [4.78, 5) is 1.84. The van der Waals surface area contributed by atoms with E-state index in [1.165, 1.54) is 11.8 Å². The summed E-state index contributed by atoms with van der Waals surface area (Å²) >= 11 is 8.42. The van der Waals surface area contributed by atoms with E-state index in [9.17, 15) is 8.42 Å². The molecule has 0 radical (unpaired) electrons. The second-order valence-corrected chi connectivity index (χ2v) is 10.1. The second kappa shape index (κ2) is 5.00. The van der Waals surface area contributed by atoms with E-state index in [0.29, 0.717) is 5.17 Å². The van der Waals surface area contributed by atoms with Crippen LogP contribution in [0.25, 0.3) is 0 Å². The average Bonchev–Trinajstić information content (AvgIpc) is 2.70. The quantitative estimate of drug-likeness (QED) is 0.729. The first kappa shape index (κ1) is 14.9. The van der Waals surface area contributed by atoms with Crippen molar-refractivity contribution in [3.8, 4) is 0 Å². The number of hydrogen-bond acceptors (Lipinski definition) is 4. The Balaban J connectivity index is 2.08. The molecule has 0 aromatic heterocycles. The molecule has 0 unspecified atom stereocenters. The van der Waals surface area contributed by atoms with Gasteiger partial charge in [-0.25, -0.2) is 8.42 Å². The van der Waals surface area contributed by atoms with Gasteiger partial charge in [0.25, 0.3) is 0 Å². The van der Waals surface area contributed by atoms with E-state index in [0.717, 1.165) is 20.2 Å². The molecule has 3 rings (SSSR count). The number of nitrogens with one attached hydrogen (secondary N) is 1. The molecule has 2 heterocycles. The third kappa shape index (κ3) is 2.44. The van der Waals surface area contributed by atoms with E-state index in [4.69, 9.17) is 5.41 Å². The summed E-state index contributed by atoms with van der Waals surface area (Å²) in [6.07, 6.45) is 0. The Labute approximate surface area is 139 Å².